The van der Waals surface area contributed by atoms with Gasteiger partial charge in [-0.25, -0.2) is 23.2 Å². The highest BCUT2D eigenvalue weighted by atomic mass is 32.2. The van der Waals surface area contributed by atoms with Gasteiger partial charge in [0.1, 0.15) is 11.6 Å². The van der Waals surface area contributed by atoms with Gasteiger partial charge in [-0.1, -0.05) is 12.1 Å². The van der Waals surface area contributed by atoms with E-state index in [0.29, 0.717) is 39.9 Å². The van der Waals surface area contributed by atoms with E-state index in [9.17, 15) is 27.4 Å². The molecule has 1 atom stereocenters. The first-order valence-electron chi connectivity index (χ1n) is 12.5. The predicted octanol–water partition coefficient (Wildman–Crippen LogP) is 6.45. The van der Waals surface area contributed by atoms with Crippen LogP contribution in [0.3, 0.4) is 0 Å². The lowest BCUT2D eigenvalue weighted by atomic mass is 9.95. The number of halogens is 2. The SMILES string of the molecule is O=C(O)c1csc(-n2nc(-c3ccc(F)c(-c4cccs4)c3)c(Cc3ccc(NS(=O)[O-])c(F)c3)c2CC2CC2)n1. The molecule has 1 unspecified atom stereocenters. The number of aromatic nitrogens is 3. The van der Waals surface area contributed by atoms with E-state index in [1.54, 1.807) is 22.9 Å². The van der Waals surface area contributed by atoms with Gasteiger partial charge in [0.2, 0.25) is 5.13 Å². The maximum atomic E-state index is 14.9. The van der Waals surface area contributed by atoms with Crippen molar-refractivity contribution in [1.82, 2.24) is 14.8 Å². The Labute approximate surface area is 243 Å². The Hall–Kier alpha value is -3.78. The van der Waals surface area contributed by atoms with Crippen LogP contribution in [0.1, 0.15) is 40.2 Å². The van der Waals surface area contributed by atoms with Gasteiger partial charge in [0, 0.05) is 44.6 Å². The molecule has 1 aliphatic carbocycles. The Kier molecular flexibility index (Phi) is 7.51. The van der Waals surface area contributed by atoms with Gasteiger partial charge in [0.05, 0.1) is 17.1 Å². The summed E-state index contributed by atoms with van der Waals surface area (Å²) < 4.78 is 55.4. The molecule has 8 nitrogen and oxygen atoms in total. The second-order valence-corrected chi connectivity index (χ2v) is 12.1. The Morgan fingerprint density at radius 2 is 1.98 bits per heavy atom. The first-order valence-corrected chi connectivity index (χ1v) is 15.4. The molecule has 0 spiro atoms. The number of carboxylic acid groups (broad SMARTS) is 1. The summed E-state index contributed by atoms with van der Waals surface area (Å²) in [5.74, 6) is -1.83. The number of thiophene rings is 1. The molecular weight excluding hydrogens is 591 g/mol. The molecule has 6 rings (SSSR count). The molecule has 2 aromatic carbocycles. The van der Waals surface area contributed by atoms with Crippen LogP contribution < -0.4 is 4.72 Å². The second-order valence-electron chi connectivity index (χ2n) is 9.65. The average molecular weight is 612 g/mol. The van der Waals surface area contributed by atoms with Crippen molar-refractivity contribution < 1.29 is 27.4 Å². The second kappa shape index (κ2) is 11.2. The van der Waals surface area contributed by atoms with E-state index in [2.05, 4.69) is 4.98 Å². The van der Waals surface area contributed by atoms with E-state index >= 15 is 0 Å². The summed E-state index contributed by atoms with van der Waals surface area (Å²) in [7, 11) is 0. The number of nitrogens with zero attached hydrogens (tertiary/aromatic N) is 3. The smallest absolute Gasteiger partial charge is 0.355 e. The molecule has 0 aliphatic heterocycles. The fourth-order valence-corrected chi connectivity index (χ4v) is 6.53. The highest BCUT2D eigenvalue weighted by molar-refractivity contribution is 7.80. The number of hydrogen-bond acceptors (Lipinski definition) is 7. The molecule has 1 aliphatic rings. The molecule has 210 valence electrons. The highest BCUT2D eigenvalue weighted by Crippen LogP contribution is 2.39. The first-order chi connectivity index (χ1) is 19.8. The zero-order valence-corrected chi connectivity index (χ0v) is 23.6. The number of anilines is 1. The van der Waals surface area contributed by atoms with Crippen LogP contribution in [0, 0.1) is 17.6 Å². The highest BCUT2D eigenvalue weighted by Gasteiger charge is 2.29. The summed E-state index contributed by atoms with van der Waals surface area (Å²) in [6.07, 6.45) is 2.98. The standard InChI is InChI=1S/C28H22F2N4O4S3/c29-20-7-6-17(13-18(20)25-2-1-9-39-25)26-19(10-16-5-8-22(21(30)11-16)33-41(37)38)24(12-15-3-4-15)34(32-26)28-31-23(14-40-28)27(35)36/h1-2,5-9,11,13-15,33H,3-4,10,12H2,(H,35,36)(H,37,38)/p-1. The number of carbonyl (C=O) groups is 1. The molecule has 0 amide bonds. The number of thiazole rings is 1. The summed E-state index contributed by atoms with van der Waals surface area (Å²) in [4.78, 5) is 16.6. The minimum absolute atomic E-state index is 0.0938. The van der Waals surface area contributed by atoms with Crippen LogP contribution in [0.5, 0.6) is 0 Å². The van der Waals surface area contributed by atoms with Gasteiger partial charge in [0.25, 0.3) is 0 Å². The number of aromatic carboxylic acids is 1. The molecule has 2 N–H and O–H groups in total. The monoisotopic (exact) mass is 611 g/mol. The molecular formula is C28H21F2N4O4S3-. The lowest BCUT2D eigenvalue weighted by molar-refractivity contribution is 0.0691. The van der Waals surface area contributed by atoms with Crippen LogP contribution in [-0.4, -0.2) is 34.6 Å². The summed E-state index contributed by atoms with van der Waals surface area (Å²) in [6.45, 7) is 0. The van der Waals surface area contributed by atoms with Crippen molar-refractivity contribution in [3.63, 3.8) is 0 Å². The number of hydrogen-bond donors (Lipinski definition) is 2. The normalized spacial score (nSPS) is 13.8. The van der Waals surface area contributed by atoms with Crippen LogP contribution in [0.4, 0.5) is 14.5 Å². The minimum Gasteiger partial charge on any atom is -0.755 e. The van der Waals surface area contributed by atoms with Gasteiger partial charge >= 0.3 is 5.97 Å². The Morgan fingerprint density at radius 3 is 2.63 bits per heavy atom. The Balaban J connectivity index is 1.51. The van der Waals surface area contributed by atoms with E-state index in [1.807, 2.05) is 22.2 Å². The lowest BCUT2D eigenvalue weighted by Gasteiger charge is -2.12. The van der Waals surface area contributed by atoms with E-state index in [4.69, 9.17) is 5.10 Å². The molecule has 0 bridgehead atoms. The number of benzene rings is 2. The van der Waals surface area contributed by atoms with Crippen molar-refractivity contribution in [2.24, 2.45) is 5.92 Å². The van der Waals surface area contributed by atoms with E-state index in [0.717, 1.165) is 40.3 Å². The molecule has 0 saturated heterocycles. The molecule has 3 heterocycles. The van der Waals surface area contributed by atoms with E-state index in [1.165, 1.54) is 34.9 Å². The van der Waals surface area contributed by atoms with Gasteiger partial charge in [-0.2, -0.15) is 5.10 Å². The van der Waals surface area contributed by atoms with Crippen LogP contribution in [0.25, 0.3) is 26.8 Å². The van der Waals surface area contributed by atoms with Crippen LogP contribution in [-0.2, 0) is 24.1 Å². The zero-order chi connectivity index (χ0) is 28.7. The van der Waals surface area contributed by atoms with Gasteiger partial charge < -0.3 is 14.4 Å². The number of carboxylic acids is 1. The topological polar surface area (TPSA) is 120 Å². The maximum Gasteiger partial charge on any atom is 0.355 e. The average Bonchev–Trinajstić information content (AvgIpc) is 3.30. The summed E-state index contributed by atoms with van der Waals surface area (Å²) in [6, 6.07) is 12.7. The molecule has 0 radical (unpaired) electrons. The summed E-state index contributed by atoms with van der Waals surface area (Å²) in [5, 5.41) is 18.1. The maximum absolute atomic E-state index is 14.9. The Bertz CT molecular complexity index is 1780. The van der Waals surface area contributed by atoms with Gasteiger partial charge in [-0.05, 0) is 72.5 Å². The van der Waals surface area contributed by atoms with E-state index < -0.39 is 23.1 Å². The largest absolute Gasteiger partial charge is 0.755 e. The quantitative estimate of drug-likeness (QED) is 0.175. The molecule has 1 fully saturated rings. The summed E-state index contributed by atoms with van der Waals surface area (Å²) in [5.41, 5.74) is 3.54. The third-order valence-corrected chi connectivity index (χ3v) is 8.90. The molecule has 3 aromatic heterocycles. The minimum atomic E-state index is -2.67. The van der Waals surface area contributed by atoms with Gasteiger partial charge in [-0.15, -0.1) is 22.7 Å². The van der Waals surface area contributed by atoms with Crippen molar-refractivity contribution >= 4 is 45.6 Å². The molecule has 13 heteroatoms. The zero-order valence-electron chi connectivity index (χ0n) is 21.2. The first kappa shape index (κ1) is 27.4. The van der Waals surface area contributed by atoms with Crippen molar-refractivity contribution in [1.29, 1.82) is 0 Å². The third kappa shape index (κ3) is 5.84. The molecule has 41 heavy (non-hydrogen) atoms. The lowest BCUT2D eigenvalue weighted by Crippen LogP contribution is -2.07. The summed E-state index contributed by atoms with van der Waals surface area (Å²) >= 11 is -0.103. The van der Waals surface area contributed by atoms with Crippen LogP contribution in [0.2, 0.25) is 0 Å². The van der Waals surface area contributed by atoms with Gasteiger partial charge in [0.15, 0.2) is 5.69 Å². The van der Waals surface area contributed by atoms with Crippen molar-refractivity contribution in [3.05, 3.63) is 93.4 Å². The fraction of sp³-hybridized carbons (Fsp3) is 0.179. The Morgan fingerprint density at radius 1 is 1.15 bits per heavy atom. The predicted molar refractivity (Wildman–Crippen MR) is 153 cm³/mol. The molecule has 5 aromatic rings. The van der Waals surface area contributed by atoms with Crippen molar-refractivity contribution in [3.8, 4) is 26.8 Å². The van der Waals surface area contributed by atoms with Crippen LogP contribution >= 0.6 is 22.7 Å². The van der Waals surface area contributed by atoms with Crippen molar-refractivity contribution in [2.45, 2.75) is 25.7 Å². The molecule has 1 saturated carbocycles. The van der Waals surface area contributed by atoms with Crippen molar-refractivity contribution in [2.75, 3.05) is 4.72 Å². The third-order valence-electron chi connectivity index (χ3n) is 6.80. The van der Waals surface area contributed by atoms with E-state index in [-0.39, 0.29) is 23.6 Å². The van der Waals surface area contributed by atoms with Crippen LogP contribution in [0.15, 0.2) is 59.3 Å². The van der Waals surface area contributed by atoms with Gasteiger partial charge in [-0.3, -0.25) is 4.21 Å². The number of nitrogens with one attached hydrogen (secondary N) is 1. The number of rotatable bonds is 10. The fourth-order valence-electron chi connectivity index (χ4n) is 4.66.